The normalized spacial score (nSPS) is 35.3. The van der Waals surface area contributed by atoms with Crippen LogP contribution in [0.1, 0.15) is 0 Å². The second-order valence-corrected chi connectivity index (χ2v) is 2.51. The van der Waals surface area contributed by atoms with E-state index in [1.807, 2.05) is 0 Å². The summed E-state index contributed by atoms with van der Waals surface area (Å²) in [6.07, 6.45) is -0.283. The van der Waals surface area contributed by atoms with Crippen LogP contribution in [-0.4, -0.2) is 36.0 Å². The summed E-state index contributed by atoms with van der Waals surface area (Å²) in [6.45, 7) is 0.552. The van der Waals surface area contributed by atoms with E-state index in [1.54, 1.807) is 0 Å². The molecule has 4 heteroatoms. The highest BCUT2D eigenvalue weighted by atomic mass is 79.9. The second kappa shape index (κ2) is 3.51. The zero-order valence-corrected chi connectivity index (χ0v) is 6.50. The van der Waals surface area contributed by atoms with Crippen LogP contribution in [0.25, 0.3) is 0 Å². The molecular weight excluding hydrogens is 188 g/mol. The van der Waals surface area contributed by atoms with E-state index in [2.05, 4.69) is 15.9 Å². The molecule has 1 aliphatic heterocycles. The number of hydrogen-bond donors (Lipinski definition) is 1. The smallest absolute Gasteiger partial charge is 0.167 e. The minimum atomic E-state index is -0.165. The van der Waals surface area contributed by atoms with Gasteiger partial charge in [0.25, 0.3) is 0 Å². The van der Waals surface area contributed by atoms with Crippen molar-refractivity contribution < 1.29 is 14.6 Å². The zero-order valence-electron chi connectivity index (χ0n) is 4.92. The molecule has 0 aromatic heterocycles. The average molecular weight is 197 g/mol. The van der Waals surface area contributed by atoms with E-state index < -0.39 is 0 Å². The second-order valence-electron chi connectivity index (χ2n) is 1.86. The number of rotatable bonds is 2. The Bertz CT molecular complexity index is 78.3. The third kappa shape index (κ3) is 1.89. The molecule has 0 unspecified atom stereocenters. The highest BCUT2D eigenvalue weighted by Gasteiger charge is 2.23. The Labute approximate surface area is 62.1 Å². The van der Waals surface area contributed by atoms with Gasteiger partial charge in [0.05, 0.1) is 18.5 Å². The van der Waals surface area contributed by atoms with Crippen molar-refractivity contribution in [3.05, 3.63) is 0 Å². The third-order valence-electron chi connectivity index (χ3n) is 1.14. The van der Waals surface area contributed by atoms with Crippen LogP contribution in [0.4, 0.5) is 0 Å². The average Bonchev–Trinajstić information content (AvgIpc) is 2.34. The Hall–Kier alpha value is 0.360. The fraction of sp³-hybridized carbons (Fsp3) is 1.00. The molecule has 0 saturated carbocycles. The van der Waals surface area contributed by atoms with Gasteiger partial charge in [0.2, 0.25) is 0 Å². The van der Waals surface area contributed by atoms with Crippen molar-refractivity contribution in [1.29, 1.82) is 0 Å². The Morgan fingerprint density at radius 3 is 2.78 bits per heavy atom. The molecule has 1 aliphatic rings. The Kier molecular flexibility index (Phi) is 2.91. The lowest BCUT2D eigenvalue weighted by molar-refractivity contribution is -0.0462. The van der Waals surface area contributed by atoms with Crippen LogP contribution in [0.2, 0.25) is 0 Å². The van der Waals surface area contributed by atoms with E-state index in [0.29, 0.717) is 11.9 Å². The van der Waals surface area contributed by atoms with Crippen LogP contribution in [0.5, 0.6) is 0 Å². The standard InChI is InChI=1S/C5H9BrO3/c6-1-5-8-3-4(2-7)9-5/h4-5,7H,1-3H2/t4-,5-/m1/s1. The third-order valence-corrected chi connectivity index (χ3v) is 1.67. The lowest BCUT2D eigenvalue weighted by atomic mass is 10.4. The van der Waals surface area contributed by atoms with Gasteiger partial charge in [0, 0.05) is 0 Å². The van der Waals surface area contributed by atoms with E-state index >= 15 is 0 Å². The maximum absolute atomic E-state index is 8.56. The maximum atomic E-state index is 8.56. The van der Waals surface area contributed by atoms with Crippen molar-refractivity contribution in [3.8, 4) is 0 Å². The van der Waals surface area contributed by atoms with Gasteiger partial charge < -0.3 is 14.6 Å². The molecule has 1 N–H and O–H groups in total. The van der Waals surface area contributed by atoms with Crippen LogP contribution in [0.3, 0.4) is 0 Å². The Balaban J connectivity index is 2.20. The van der Waals surface area contributed by atoms with Crippen molar-refractivity contribution in [3.63, 3.8) is 0 Å². The van der Waals surface area contributed by atoms with E-state index in [-0.39, 0.29) is 19.0 Å². The number of halogens is 1. The molecule has 1 rings (SSSR count). The monoisotopic (exact) mass is 196 g/mol. The topological polar surface area (TPSA) is 38.7 Å². The lowest BCUT2D eigenvalue weighted by Crippen LogP contribution is -2.16. The summed E-state index contributed by atoms with van der Waals surface area (Å²) < 4.78 is 10.2. The Morgan fingerprint density at radius 2 is 2.44 bits per heavy atom. The van der Waals surface area contributed by atoms with E-state index in [4.69, 9.17) is 14.6 Å². The molecule has 2 atom stereocenters. The van der Waals surface area contributed by atoms with Crippen LogP contribution in [-0.2, 0) is 9.47 Å². The molecule has 3 nitrogen and oxygen atoms in total. The van der Waals surface area contributed by atoms with Gasteiger partial charge >= 0.3 is 0 Å². The first-order chi connectivity index (χ1) is 4.36. The van der Waals surface area contributed by atoms with Crippen molar-refractivity contribution in [2.24, 2.45) is 0 Å². The quantitative estimate of drug-likeness (QED) is 0.638. The predicted molar refractivity (Wildman–Crippen MR) is 35.5 cm³/mol. The summed E-state index contributed by atoms with van der Waals surface area (Å²) in [7, 11) is 0. The van der Waals surface area contributed by atoms with Crippen molar-refractivity contribution in [1.82, 2.24) is 0 Å². The first kappa shape index (κ1) is 7.47. The van der Waals surface area contributed by atoms with Gasteiger partial charge in [0.15, 0.2) is 6.29 Å². The molecule has 0 spiro atoms. The van der Waals surface area contributed by atoms with Gasteiger partial charge in [-0.2, -0.15) is 0 Å². The van der Waals surface area contributed by atoms with Crippen LogP contribution < -0.4 is 0 Å². The zero-order chi connectivity index (χ0) is 6.69. The van der Waals surface area contributed by atoms with Gasteiger partial charge in [0.1, 0.15) is 6.10 Å². The molecule has 9 heavy (non-hydrogen) atoms. The fourth-order valence-corrected chi connectivity index (χ4v) is 1.02. The number of aliphatic hydroxyl groups excluding tert-OH is 1. The first-order valence-corrected chi connectivity index (χ1v) is 3.93. The van der Waals surface area contributed by atoms with Crippen LogP contribution in [0, 0.1) is 0 Å². The van der Waals surface area contributed by atoms with Gasteiger partial charge in [-0.25, -0.2) is 0 Å². The SMILES string of the molecule is OC[C@@H]1CO[C@@H](CBr)O1. The molecule has 1 fully saturated rings. The number of aliphatic hydroxyl groups is 1. The molecule has 1 heterocycles. The van der Waals surface area contributed by atoms with Crippen LogP contribution >= 0.6 is 15.9 Å². The largest absolute Gasteiger partial charge is 0.394 e. The molecule has 0 aromatic carbocycles. The molecule has 0 bridgehead atoms. The van der Waals surface area contributed by atoms with E-state index in [0.717, 1.165) is 0 Å². The molecular formula is C5H9BrO3. The van der Waals surface area contributed by atoms with Gasteiger partial charge in [-0.05, 0) is 0 Å². The first-order valence-electron chi connectivity index (χ1n) is 2.80. The molecule has 54 valence electrons. The minimum absolute atomic E-state index is 0.0451. The highest BCUT2D eigenvalue weighted by Crippen LogP contribution is 2.12. The fourth-order valence-electron chi connectivity index (χ4n) is 0.685. The summed E-state index contributed by atoms with van der Waals surface area (Å²) in [5.41, 5.74) is 0. The summed E-state index contributed by atoms with van der Waals surface area (Å²) >= 11 is 3.20. The minimum Gasteiger partial charge on any atom is -0.394 e. The molecule has 0 aromatic rings. The van der Waals surface area contributed by atoms with Gasteiger partial charge in [-0.3, -0.25) is 0 Å². The summed E-state index contributed by atoms with van der Waals surface area (Å²) in [6, 6.07) is 0. The molecule has 0 radical (unpaired) electrons. The van der Waals surface area contributed by atoms with E-state index in [1.165, 1.54) is 0 Å². The number of ether oxygens (including phenoxy) is 2. The van der Waals surface area contributed by atoms with Crippen molar-refractivity contribution in [2.75, 3.05) is 18.5 Å². The summed E-state index contributed by atoms with van der Waals surface area (Å²) in [5.74, 6) is 0. The highest BCUT2D eigenvalue weighted by molar-refractivity contribution is 9.09. The summed E-state index contributed by atoms with van der Waals surface area (Å²) in [5, 5.41) is 9.23. The summed E-state index contributed by atoms with van der Waals surface area (Å²) in [4.78, 5) is 0. The van der Waals surface area contributed by atoms with Crippen LogP contribution in [0.15, 0.2) is 0 Å². The molecule has 0 aliphatic carbocycles. The number of alkyl halides is 1. The number of hydrogen-bond acceptors (Lipinski definition) is 3. The predicted octanol–water partition coefficient (Wildman–Crippen LogP) is 0.115. The molecule has 1 saturated heterocycles. The molecule has 0 amide bonds. The van der Waals surface area contributed by atoms with Gasteiger partial charge in [-0.15, -0.1) is 0 Å². The van der Waals surface area contributed by atoms with Gasteiger partial charge in [-0.1, -0.05) is 15.9 Å². The van der Waals surface area contributed by atoms with Crippen molar-refractivity contribution >= 4 is 15.9 Å². The van der Waals surface area contributed by atoms with Crippen molar-refractivity contribution in [2.45, 2.75) is 12.4 Å². The lowest BCUT2D eigenvalue weighted by Gasteiger charge is -2.04. The Morgan fingerprint density at radius 1 is 1.67 bits per heavy atom. The maximum Gasteiger partial charge on any atom is 0.167 e. The van der Waals surface area contributed by atoms with E-state index in [9.17, 15) is 0 Å².